The molecule has 8 nitrogen and oxygen atoms in total. The quantitative estimate of drug-likeness (QED) is 0.384. The topological polar surface area (TPSA) is 128 Å². The summed E-state index contributed by atoms with van der Waals surface area (Å²) in [7, 11) is 0. The van der Waals surface area contributed by atoms with E-state index < -0.39 is 29.6 Å². The number of aliphatic carboxylic acids is 1. The number of halogens is 1. The van der Waals surface area contributed by atoms with Crippen LogP contribution in [0.25, 0.3) is 0 Å². The summed E-state index contributed by atoms with van der Waals surface area (Å²) in [6.07, 6.45) is 3.05. The van der Waals surface area contributed by atoms with Crippen molar-refractivity contribution in [2.24, 2.45) is 5.73 Å². The van der Waals surface area contributed by atoms with E-state index in [9.17, 15) is 14.4 Å². The highest BCUT2D eigenvalue weighted by Gasteiger charge is 2.21. The van der Waals surface area contributed by atoms with E-state index in [1.807, 2.05) is 12.1 Å². The highest BCUT2D eigenvalue weighted by molar-refractivity contribution is 6.32. The Morgan fingerprint density at radius 2 is 1.87 bits per heavy atom. The number of carboxylic acids is 1. The summed E-state index contributed by atoms with van der Waals surface area (Å²) in [5.74, 6) is -0.785. The number of carbonyl (C=O) groups excluding carboxylic acids is 2. The Labute approximate surface area is 188 Å². The van der Waals surface area contributed by atoms with Crippen LogP contribution in [0, 0.1) is 0 Å². The monoisotopic (exact) mass is 456 g/mol. The van der Waals surface area contributed by atoms with Gasteiger partial charge in [0, 0.05) is 12.8 Å². The van der Waals surface area contributed by atoms with E-state index in [-0.39, 0.29) is 19.4 Å². The molecule has 0 aliphatic rings. The summed E-state index contributed by atoms with van der Waals surface area (Å²) in [6.45, 7) is 5.37. The number of amides is 2. The van der Waals surface area contributed by atoms with Crippen molar-refractivity contribution < 1.29 is 29.0 Å². The molecule has 0 aliphatic heterocycles. The number of carbonyl (C=O) groups is 3. The summed E-state index contributed by atoms with van der Waals surface area (Å²) < 4.78 is 11.1. The summed E-state index contributed by atoms with van der Waals surface area (Å²) in [5.41, 5.74) is 5.60. The van der Waals surface area contributed by atoms with Gasteiger partial charge in [0.15, 0.2) is 0 Å². The van der Waals surface area contributed by atoms with Crippen molar-refractivity contribution >= 4 is 29.6 Å². The highest BCUT2D eigenvalue weighted by Crippen LogP contribution is 2.27. The van der Waals surface area contributed by atoms with Crippen LogP contribution in [0.4, 0.5) is 4.79 Å². The van der Waals surface area contributed by atoms with Gasteiger partial charge in [-0.2, -0.15) is 0 Å². The zero-order valence-electron chi connectivity index (χ0n) is 18.4. The summed E-state index contributed by atoms with van der Waals surface area (Å²) in [6, 6.07) is 4.98. The van der Waals surface area contributed by atoms with Crippen LogP contribution in [0.3, 0.4) is 0 Å². The minimum Gasteiger partial charge on any atom is -0.490 e. The molecule has 0 saturated heterocycles. The van der Waals surface area contributed by atoms with E-state index in [1.165, 1.54) is 0 Å². The lowest BCUT2D eigenvalue weighted by Crippen LogP contribution is -2.42. The summed E-state index contributed by atoms with van der Waals surface area (Å²) in [4.78, 5) is 33.8. The summed E-state index contributed by atoms with van der Waals surface area (Å²) >= 11 is 6.24. The Morgan fingerprint density at radius 1 is 1.16 bits per heavy atom. The fourth-order valence-electron chi connectivity index (χ4n) is 2.77. The third-order valence-electron chi connectivity index (χ3n) is 4.25. The molecule has 0 spiro atoms. The minimum atomic E-state index is -0.784. The Hall–Kier alpha value is -2.48. The van der Waals surface area contributed by atoms with E-state index in [0.29, 0.717) is 23.6 Å². The number of aryl methyl sites for hydroxylation is 1. The second kappa shape index (κ2) is 13.0. The van der Waals surface area contributed by atoms with Crippen molar-refractivity contribution in [3.8, 4) is 5.75 Å². The van der Waals surface area contributed by atoms with Crippen LogP contribution < -0.4 is 15.8 Å². The molecule has 0 aliphatic carbocycles. The molecule has 174 valence electrons. The molecule has 0 bridgehead atoms. The number of ether oxygens (including phenoxy) is 2. The number of hydrogen-bond donors (Lipinski definition) is 3. The lowest BCUT2D eigenvalue weighted by atomic mass is 10.1. The lowest BCUT2D eigenvalue weighted by molar-refractivity contribution is -0.137. The Balaban J connectivity index is 2.67. The fraction of sp³-hybridized carbons (Fsp3) is 0.591. The van der Waals surface area contributed by atoms with Crippen LogP contribution in [-0.2, 0) is 20.7 Å². The van der Waals surface area contributed by atoms with Gasteiger partial charge in [0.2, 0.25) is 5.91 Å². The molecule has 0 unspecified atom stereocenters. The molecule has 2 amide bonds. The van der Waals surface area contributed by atoms with Crippen LogP contribution in [0.2, 0.25) is 5.02 Å². The van der Waals surface area contributed by atoms with Gasteiger partial charge in [0.25, 0.3) is 0 Å². The predicted octanol–water partition coefficient (Wildman–Crippen LogP) is 4.07. The molecule has 31 heavy (non-hydrogen) atoms. The standard InChI is InChI=1S/C22H33ClN2O6/c1-22(2,3)31-21(29)25-16(10-12-19(24)26)14-30-18-13-15(9-11-17(18)23)7-5-4-6-8-20(27)28/h9,11,13,16H,4-8,10,12,14H2,1-3H3,(H2,24,26)(H,25,29)(H,27,28)/t16-/m0/s1. The van der Waals surface area contributed by atoms with Crippen molar-refractivity contribution in [2.75, 3.05) is 6.61 Å². The second-order valence-electron chi connectivity index (χ2n) is 8.38. The first kappa shape index (κ1) is 26.6. The first-order valence-electron chi connectivity index (χ1n) is 10.4. The van der Waals surface area contributed by atoms with Gasteiger partial charge in [0.05, 0.1) is 11.1 Å². The van der Waals surface area contributed by atoms with Gasteiger partial charge in [-0.25, -0.2) is 4.79 Å². The third-order valence-corrected chi connectivity index (χ3v) is 4.56. The maximum Gasteiger partial charge on any atom is 0.407 e. The highest BCUT2D eigenvalue weighted by atomic mass is 35.5. The smallest absolute Gasteiger partial charge is 0.407 e. The van der Waals surface area contributed by atoms with Gasteiger partial charge in [-0.1, -0.05) is 24.1 Å². The molecule has 4 N–H and O–H groups in total. The number of unbranched alkanes of at least 4 members (excludes halogenated alkanes) is 2. The number of benzene rings is 1. The average Bonchev–Trinajstić information content (AvgIpc) is 2.63. The van der Waals surface area contributed by atoms with E-state index in [2.05, 4.69) is 5.32 Å². The molecule has 1 aromatic rings. The molecular formula is C22H33ClN2O6. The fourth-order valence-corrected chi connectivity index (χ4v) is 2.95. The van der Waals surface area contributed by atoms with Crippen molar-refractivity contribution in [1.82, 2.24) is 5.32 Å². The number of carboxylic acid groups (broad SMARTS) is 1. The SMILES string of the molecule is CC(C)(C)OC(=O)N[C@@H](CCC(N)=O)COc1cc(CCCCCC(=O)O)ccc1Cl. The van der Waals surface area contributed by atoms with Crippen LogP contribution >= 0.6 is 11.6 Å². The maximum atomic E-state index is 12.1. The van der Waals surface area contributed by atoms with Crippen LogP contribution in [0.5, 0.6) is 5.75 Å². The van der Waals surface area contributed by atoms with E-state index in [1.54, 1.807) is 26.8 Å². The van der Waals surface area contributed by atoms with Crippen LogP contribution in [0.1, 0.15) is 64.9 Å². The van der Waals surface area contributed by atoms with Gasteiger partial charge in [0.1, 0.15) is 18.0 Å². The number of nitrogens with two attached hydrogens (primary N) is 1. The van der Waals surface area contributed by atoms with Crippen molar-refractivity contribution in [3.63, 3.8) is 0 Å². The average molecular weight is 457 g/mol. The molecular weight excluding hydrogens is 424 g/mol. The minimum absolute atomic E-state index is 0.0912. The van der Waals surface area contributed by atoms with Gasteiger partial charge in [-0.05, 0) is 64.2 Å². The first-order valence-corrected chi connectivity index (χ1v) is 10.7. The molecule has 1 aromatic carbocycles. The van der Waals surface area contributed by atoms with Crippen molar-refractivity contribution in [2.45, 2.75) is 77.4 Å². The van der Waals surface area contributed by atoms with Crippen LogP contribution in [-0.4, -0.2) is 41.3 Å². The van der Waals surface area contributed by atoms with Gasteiger partial charge >= 0.3 is 12.1 Å². The zero-order chi connectivity index (χ0) is 23.4. The zero-order valence-corrected chi connectivity index (χ0v) is 19.2. The Kier molecular flexibility index (Phi) is 11.2. The third kappa shape index (κ3) is 12.7. The Bertz CT molecular complexity index is 748. The molecule has 1 atom stereocenters. The number of primary amides is 1. The molecule has 9 heteroatoms. The molecule has 0 saturated carbocycles. The second-order valence-corrected chi connectivity index (χ2v) is 8.79. The number of nitrogens with one attached hydrogen (secondary N) is 1. The molecule has 0 radical (unpaired) electrons. The Morgan fingerprint density at radius 3 is 2.48 bits per heavy atom. The van der Waals surface area contributed by atoms with Gasteiger partial charge in [-0.3, -0.25) is 9.59 Å². The largest absolute Gasteiger partial charge is 0.490 e. The molecule has 0 aromatic heterocycles. The van der Waals surface area contributed by atoms with Crippen molar-refractivity contribution in [1.29, 1.82) is 0 Å². The summed E-state index contributed by atoms with van der Waals surface area (Å²) in [5, 5.41) is 11.8. The van der Waals surface area contributed by atoms with Crippen LogP contribution in [0.15, 0.2) is 18.2 Å². The van der Waals surface area contributed by atoms with E-state index in [4.69, 9.17) is 31.9 Å². The first-order chi connectivity index (χ1) is 14.5. The predicted molar refractivity (Wildman–Crippen MR) is 118 cm³/mol. The van der Waals surface area contributed by atoms with Gasteiger partial charge in [-0.15, -0.1) is 0 Å². The van der Waals surface area contributed by atoms with E-state index in [0.717, 1.165) is 24.8 Å². The lowest BCUT2D eigenvalue weighted by Gasteiger charge is -2.24. The molecule has 0 heterocycles. The number of rotatable bonds is 13. The normalized spacial score (nSPS) is 12.1. The van der Waals surface area contributed by atoms with Gasteiger partial charge < -0.3 is 25.6 Å². The number of hydrogen-bond acceptors (Lipinski definition) is 5. The van der Waals surface area contributed by atoms with E-state index >= 15 is 0 Å². The maximum absolute atomic E-state index is 12.1. The molecule has 1 rings (SSSR count). The number of alkyl carbamates (subject to hydrolysis) is 1. The van der Waals surface area contributed by atoms with Crippen molar-refractivity contribution in [3.05, 3.63) is 28.8 Å². The molecule has 0 fully saturated rings.